The van der Waals surface area contributed by atoms with Crippen LogP contribution in [0.15, 0.2) is 132 Å². The summed E-state index contributed by atoms with van der Waals surface area (Å²) in [5.41, 5.74) is 12.6. The summed E-state index contributed by atoms with van der Waals surface area (Å²) in [7, 11) is 0. The van der Waals surface area contributed by atoms with Gasteiger partial charge in [0.25, 0.3) is 0 Å². The van der Waals surface area contributed by atoms with Crippen LogP contribution < -0.4 is 9.80 Å². The molecule has 0 radical (unpaired) electrons. The fraction of sp³-hybridized carbons (Fsp3) is 0.318. The van der Waals surface area contributed by atoms with E-state index in [0.29, 0.717) is 0 Å². The van der Waals surface area contributed by atoms with Gasteiger partial charge in [-0.25, -0.2) is 0 Å². The van der Waals surface area contributed by atoms with Crippen molar-refractivity contribution in [3.05, 3.63) is 155 Å². The van der Waals surface area contributed by atoms with Crippen LogP contribution in [0.2, 0.25) is 0 Å². The second kappa shape index (κ2) is 15.9. The van der Waals surface area contributed by atoms with Crippen molar-refractivity contribution >= 4 is 22.8 Å². The number of hydrogen-bond acceptors (Lipinski definition) is 4. The maximum Gasteiger partial charge on any atom is 0.0682 e. The van der Waals surface area contributed by atoms with Gasteiger partial charge >= 0.3 is 0 Å². The van der Waals surface area contributed by atoms with E-state index >= 15 is 0 Å². The largest absolute Gasteiger partial charge is 0.343 e. The topological polar surface area (TPSA) is 31.2 Å². The standard InChI is InChI=1S/C44H48N4/c1-2-4-6-12-30-46-42-28-32-48(44-16-10-8-14-40(42)44)34-38-25-21-36(22-26-38)18-17-35-19-23-37(24-20-35)33-47-31-27-41(45-29-11-5-3-1)39-13-7-9-15-43(39)47/h7-10,13-16,19-28,31-32H,1-6,11-12,17-18,29-30,33-34H2. The molecule has 6 aliphatic rings. The van der Waals surface area contributed by atoms with Gasteiger partial charge in [-0.2, -0.15) is 0 Å². The molecule has 6 aliphatic heterocycles. The Kier molecular flexibility index (Phi) is 10.6. The maximum atomic E-state index is 5.03. The minimum atomic E-state index is 0.854. The van der Waals surface area contributed by atoms with Crippen LogP contribution in [0.4, 0.5) is 11.4 Å². The molecular formula is C44H48N4. The molecule has 4 nitrogen and oxygen atoms in total. The summed E-state index contributed by atoms with van der Waals surface area (Å²) in [5.74, 6) is 0. The summed E-state index contributed by atoms with van der Waals surface area (Å²) in [6.45, 7) is 3.51. The average Bonchev–Trinajstić information content (AvgIpc) is 3.13. The lowest BCUT2D eigenvalue weighted by Gasteiger charge is -2.27. The molecular weight excluding hydrogens is 585 g/mol. The van der Waals surface area contributed by atoms with E-state index in [-0.39, 0.29) is 0 Å². The van der Waals surface area contributed by atoms with E-state index in [4.69, 9.17) is 9.98 Å². The molecule has 0 saturated heterocycles. The van der Waals surface area contributed by atoms with E-state index in [0.717, 1.165) is 63.3 Å². The molecule has 4 aromatic carbocycles. The molecule has 0 saturated carbocycles. The number of aliphatic imine (C=N–C) groups is 2. The Labute approximate surface area is 287 Å². The lowest BCUT2D eigenvalue weighted by molar-refractivity contribution is 0.573. The van der Waals surface area contributed by atoms with Gasteiger partial charge in [-0.3, -0.25) is 9.98 Å². The van der Waals surface area contributed by atoms with Crippen molar-refractivity contribution < 1.29 is 0 Å². The maximum absolute atomic E-state index is 5.03. The second-order valence-corrected chi connectivity index (χ2v) is 13.4. The molecule has 8 bridgehead atoms. The van der Waals surface area contributed by atoms with Gasteiger partial charge in [0.15, 0.2) is 0 Å². The van der Waals surface area contributed by atoms with Crippen LogP contribution in [0.3, 0.4) is 0 Å². The van der Waals surface area contributed by atoms with Crippen LogP contribution in [0.1, 0.15) is 84.7 Å². The zero-order valence-corrected chi connectivity index (χ0v) is 28.2. The Morgan fingerprint density at radius 3 is 1.21 bits per heavy atom. The predicted molar refractivity (Wildman–Crippen MR) is 204 cm³/mol. The highest BCUT2D eigenvalue weighted by Crippen LogP contribution is 2.29. The number of benzene rings is 4. The molecule has 6 heterocycles. The third-order valence-electron chi connectivity index (χ3n) is 9.89. The Morgan fingerprint density at radius 2 is 0.771 bits per heavy atom. The molecule has 0 fully saturated rings. The molecule has 4 heteroatoms. The summed E-state index contributed by atoms with van der Waals surface area (Å²) >= 11 is 0. The van der Waals surface area contributed by atoms with E-state index in [1.807, 2.05) is 0 Å². The van der Waals surface area contributed by atoms with Gasteiger partial charge < -0.3 is 9.80 Å². The van der Waals surface area contributed by atoms with Crippen LogP contribution in [0.25, 0.3) is 0 Å². The molecule has 48 heavy (non-hydrogen) atoms. The predicted octanol–water partition coefficient (Wildman–Crippen LogP) is 10.3. The minimum absolute atomic E-state index is 0.854. The van der Waals surface area contributed by atoms with Crippen molar-refractivity contribution in [3.63, 3.8) is 0 Å². The van der Waals surface area contributed by atoms with Gasteiger partial charge in [-0.15, -0.1) is 0 Å². The summed E-state index contributed by atoms with van der Waals surface area (Å²) < 4.78 is 0. The highest BCUT2D eigenvalue weighted by molar-refractivity contribution is 6.14. The van der Waals surface area contributed by atoms with Gasteiger partial charge in [0.05, 0.1) is 22.8 Å². The highest BCUT2D eigenvalue weighted by atomic mass is 15.1. The number of aryl methyl sites for hydroxylation is 2. The normalized spacial score (nSPS) is 17.7. The molecule has 0 N–H and O–H groups in total. The van der Waals surface area contributed by atoms with Crippen molar-refractivity contribution in [1.82, 2.24) is 0 Å². The van der Waals surface area contributed by atoms with Gasteiger partial charge in [-0.1, -0.05) is 123 Å². The molecule has 0 amide bonds. The fourth-order valence-electron chi connectivity index (χ4n) is 7.08. The number of hydrogen-bond donors (Lipinski definition) is 0. The SMILES string of the molecule is C1=CN2Cc3ccc(cc3)CCc3ccc(cc3)CN3C=CC(=NCCCCCCCCCCN=C1c1ccccc12)c1ccccc13. The Balaban J connectivity index is 1.05. The fourth-order valence-corrected chi connectivity index (χ4v) is 7.08. The van der Waals surface area contributed by atoms with Crippen LogP contribution >= 0.6 is 0 Å². The number of rotatable bonds is 0. The molecule has 10 rings (SSSR count). The van der Waals surface area contributed by atoms with Crippen LogP contribution in [-0.4, -0.2) is 24.5 Å². The molecule has 0 atom stereocenters. The van der Waals surface area contributed by atoms with Gasteiger partial charge in [0.1, 0.15) is 0 Å². The Hall–Kier alpha value is -4.70. The monoisotopic (exact) mass is 632 g/mol. The van der Waals surface area contributed by atoms with Crippen LogP contribution in [0, 0.1) is 0 Å². The van der Waals surface area contributed by atoms with E-state index in [1.165, 1.54) is 83.3 Å². The van der Waals surface area contributed by atoms with E-state index < -0.39 is 0 Å². The summed E-state index contributed by atoms with van der Waals surface area (Å²) in [5, 5.41) is 0. The number of anilines is 2. The number of para-hydroxylation sites is 2. The first-order valence-electron chi connectivity index (χ1n) is 18.1. The summed E-state index contributed by atoms with van der Waals surface area (Å²) in [4.78, 5) is 14.8. The van der Waals surface area contributed by atoms with Gasteiger partial charge in [0.2, 0.25) is 0 Å². The zero-order valence-electron chi connectivity index (χ0n) is 28.2. The quantitative estimate of drug-likeness (QED) is 0.193. The van der Waals surface area contributed by atoms with Crippen molar-refractivity contribution in [3.8, 4) is 0 Å². The molecule has 0 aromatic heterocycles. The van der Waals surface area contributed by atoms with Crippen molar-refractivity contribution in [1.29, 1.82) is 0 Å². The van der Waals surface area contributed by atoms with E-state index in [9.17, 15) is 0 Å². The highest BCUT2D eigenvalue weighted by Gasteiger charge is 2.18. The minimum Gasteiger partial charge on any atom is -0.343 e. The Bertz CT molecular complexity index is 1640. The van der Waals surface area contributed by atoms with Crippen LogP contribution in [0.5, 0.6) is 0 Å². The Morgan fingerprint density at radius 1 is 0.396 bits per heavy atom. The van der Waals surface area contributed by atoms with Crippen molar-refractivity contribution in [2.24, 2.45) is 9.98 Å². The lowest BCUT2D eigenvalue weighted by atomic mass is 10.0. The number of nitrogens with zero attached hydrogens (tertiary/aromatic N) is 4. The third-order valence-corrected chi connectivity index (χ3v) is 9.89. The van der Waals surface area contributed by atoms with E-state index in [2.05, 4.69) is 131 Å². The number of fused-ring (bicyclic) bond motifs is 3. The van der Waals surface area contributed by atoms with Crippen molar-refractivity contribution in [2.75, 3.05) is 22.9 Å². The average molecular weight is 633 g/mol. The molecule has 0 unspecified atom stereocenters. The van der Waals surface area contributed by atoms with E-state index in [1.54, 1.807) is 0 Å². The van der Waals surface area contributed by atoms with Gasteiger partial charge in [-0.05, 0) is 72.2 Å². The third kappa shape index (κ3) is 8.05. The zero-order chi connectivity index (χ0) is 32.4. The summed E-state index contributed by atoms with van der Waals surface area (Å²) in [6.07, 6.45) is 21.0. The molecule has 244 valence electrons. The van der Waals surface area contributed by atoms with Gasteiger partial charge in [0, 0.05) is 49.7 Å². The first kappa shape index (κ1) is 31.9. The lowest BCUT2D eigenvalue weighted by Crippen LogP contribution is -2.22. The molecule has 4 aromatic rings. The smallest absolute Gasteiger partial charge is 0.0682 e. The summed E-state index contributed by atoms with van der Waals surface area (Å²) in [6, 6.07) is 35.8. The van der Waals surface area contributed by atoms with Crippen LogP contribution in [-0.2, 0) is 25.9 Å². The molecule has 0 aliphatic carbocycles. The molecule has 0 spiro atoms. The number of allylic oxidation sites excluding steroid dienone is 2. The second-order valence-electron chi connectivity index (χ2n) is 13.4. The first-order chi connectivity index (χ1) is 23.8. The first-order valence-corrected chi connectivity index (χ1v) is 18.1. The van der Waals surface area contributed by atoms with Crippen molar-refractivity contribution in [2.45, 2.75) is 77.3 Å².